The molecule has 0 aliphatic heterocycles. The van der Waals surface area contributed by atoms with E-state index in [0.717, 1.165) is 16.7 Å². The Kier molecular flexibility index (Phi) is 2.51. The highest BCUT2D eigenvalue weighted by Gasteiger charge is 2.08. The van der Waals surface area contributed by atoms with Gasteiger partial charge in [-0.1, -0.05) is 11.2 Å². The summed E-state index contributed by atoms with van der Waals surface area (Å²) in [6.07, 6.45) is 2.00. The van der Waals surface area contributed by atoms with Crippen molar-refractivity contribution < 1.29 is 9.26 Å². The quantitative estimate of drug-likeness (QED) is 0.708. The summed E-state index contributed by atoms with van der Waals surface area (Å²) in [4.78, 5) is 4.21. The van der Waals surface area contributed by atoms with Crippen LogP contribution in [0.5, 0.6) is 5.75 Å². The minimum atomic E-state index is 0.582. The molecule has 0 unspecified atom stereocenters. The highest BCUT2D eigenvalue weighted by molar-refractivity contribution is 5.86. The molecule has 0 atom stereocenters. The summed E-state index contributed by atoms with van der Waals surface area (Å²) in [6, 6.07) is 8.00. The van der Waals surface area contributed by atoms with E-state index in [1.165, 1.54) is 0 Å². The van der Waals surface area contributed by atoms with Gasteiger partial charge in [-0.2, -0.15) is 4.98 Å². The maximum absolute atomic E-state index is 5.33. The molecule has 2 aromatic heterocycles. The number of hydrogen-bond donors (Lipinski definition) is 0. The second-order valence-corrected chi connectivity index (χ2v) is 4.07. The number of nitrogens with zero attached hydrogens (tertiary/aromatic N) is 3. The maximum Gasteiger partial charge on any atom is 0.223 e. The minimum Gasteiger partial charge on any atom is -0.496 e. The van der Waals surface area contributed by atoms with Crippen molar-refractivity contribution in [1.82, 2.24) is 14.7 Å². The number of methoxy groups -OCH3 is 1. The minimum absolute atomic E-state index is 0.582. The van der Waals surface area contributed by atoms with Crippen LogP contribution in [-0.4, -0.2) is 21.8 Å². The number of benzene rings is 1. The van der Waals surface area contributed by atoms with Crippen LogP contribution in [0.3, 0.4) is 0 Å². The van der Waals surface area contributed by atoms with Crippen LogP contribution in [0.2, 0.25) is 0 Å². The molecule has 0 saturated heterocycles. The molecule has 3 aromatic rings. The van der Waals surface area contributed by atoms with Gasteiger partial charge < -0.3 is 13.8 Å². The average molecular weight is 243 g/mol. The van der Waals surface area contributed by atoms with Crippen LogP contribution < -0.4 is 4.74 Å². The number of hydrogen-bond acceptors (Lipinski definition) is 4. The number of fused-ring (bicyclic) bond motifs is 1. The number of rotatable bonds is 3. The van der Waals surface area contributed by atoms with Crippen LogP contribution in [0.25, 0.3) is 10.9 Å². The van der Waals surface area contributed by atoms with E-state index in [9.17, 15) is 0 Å². The van der Waals surface area contributed by atoms with E-state index in [4.69, 9.17) is 9.26 Å². The van der Waals surface area contributed by atoms with Crippen molar-refractivity contribution in [1.29, 1.82) is 0 Å². The van der Waals surface area contributed by atoms with Gasteiger partial charge in [0.25, 0.3) is 0 Å². The van der Waals surface area contributed by atoms with Crippen molar-refractivity contribution in [2.75, 3.05) is 7.11 Å². The van der Waals surface area contributed by atoms with E-state index in [2.05, 4.69) is 14.7 Å². The third kappa shape index (κ3) is 1.73. The van der Waals surface area contributed by atoms with Crippen LogP contribution >= 0.6 is 0 Å². The molecule has 0 N–H and O–H groups in total. The fourth-order valence-electron chi connectivity index (χ4n) is 2.07. The summed E-state index contributed by atoms with van der Waals surface area (Å²) in [5.41, 5.74) is 1.09. The highest BCUT2D eigenvalue weighted by Crippen LogP contribution is 2.26. The van der Waals surface area contributed by atoms with Gasteiger partial charge in [-0.05, 0) is 18.2 Å². The molecule has 0 aliphatic carbocycles. The summed E-state index contributed by atoms with van der Waals surface area (Å²) < 4.78 is 12.4. The van der Waals surface area contributed by atoms with Crippen molar-refractivity contribution in [2.45, 2.75) is 13.5 Å². The Morgan fingerprint density at radius 3 is 2.94 bits per heavy atom. The lowest BCUT2D eigenvalue weighted by atomic mass is 10.2. The Bertz CT molecular complexity index is 684. The summed E-state index contributed by atoms with van der Waals surface area (Å²) in [7, 11) is 1.68. The third-order valence-electron chi connectivity index (χ3n) is 2.87. The molecule has 2 heterocycles. The lowest BCUT2D eigenvalue weighted by Crippen LogP contribution is -1.99. The first-order chi connectivity index (χ1) is 8.78. The Morgan fingerprint density at radius 2 is 2.22 bits per heavy atom. The number of aromatic nitrogens is 3. The van der Waals surface area contributed by atoms with Crippen molar-refractivity contribution in [2.24, 2.45) is 0 Å². The molecule has 5 nitrogen and oxygen atoms in total. The fraction of sp³-hybridized carbons (Fsp3) is 0.231. The van der Waals surface area contributed by atoms with Crippen LogP contribution in [0, 0.1) is 6.92 Å². The molecule has 1 aromatic carbocycles. The summed E-state index contributed by atoms with van der Waals surface area (Å²) in [5.74, 6) is 2.13. The largest absolute Gasteiger partial charge is 0.496 e. The number of ether oxygens (including phenoxy) is 1. The smallest absolute Gasteiger partial charge is 0.223 e. The first-order valence-corrected chi connectivity index (χ1v) is 5.69. The molecule has 3 rings (SSSR count). The first-order valence-electron chi connectivity index (χ1n) is 5.69. The van der Waals surface area contributed by atoms with Gasteiger partial charge >= 0.3 is 0 Å². The van der Waals surface area contributed by atoms with E-state index in [0.29, 0.717) is 18.3 Å². The van der Waals surface area contributed by atoms with Crippen molar-refractivity contribution >= 4 is 10.9 Å². The van der Waals surface area contributed by atoms with Crippen molar-refractivity contribution in [3.8, 4) is 5.75 Å². The Labute approximate surface area is 104 Å². The molecule has 0 bridgehead atoms. The van der Waals surface area contributed by atoms with E-state index in [1.807, 2.05) is 30.5 Å². The second-order valence-electron chi connectivity index (χ2n) is 4.07. The van der Waals surface area contributed by atoms with Gasteiger partial charge in [0.2, 0.25) is 5.89 Å². The lowest BCUT2D eigenvalue weighted by molar-refractivity contribution is 0.386. The number of aryl methyl sites for hydroxylation is 1. The van der Waals surface area contributed by atoms with E-state index in [-0.39, 0.29) is 0 Å². The van der Waals surface area contributed by atoms with Crippen LogP contribution in [0.15, 0.2) is 35.0 Å². The Balaban J connectivity index is 2.02. The van der Waals surface area contributed by atoms with E-state index >= 15 is 0 Å². The van der Waals surface area contributed by atoms with Gasteiger partial charge in [-0.3, -0.25) is 0 Å². The second kappa shape index (κ2) is 4.18. The molecular formula is C13H13N3O2. The van der Waals surface area contributed by atoms with Crippen molar-refractivity contribution in [3.05, 3.63) is 42.2 Å². The first kappa shape index (κ1) is 10.8. The molecule has 0 amide bonds. The summed E-state index contributed by atoms with van der Waals surface area (Å²) in [5, 5.41) is 4.99. The third-order valence-corrected chi connectivity index (χ3v) is 2.87. The molecule has 0 spiro atoms. The zero-order valence-electron chi connectivity index (χ0n) is 10.3. The van der Waals surface area contributed by atoms with Gasteiger partial charge in [0.05, 0.1) is 19.2 Å². The van der Waals surface area contributed by atoms with E-state index in [1.54, 1.807) is 14.0 Å². The molecule has 0 fully saturated rings. The van der Waals surface area contributed by atoms with Gasteiger partial charge in [-0.15, -0.1) is 0 Å². The standard InChI is InChI=1S/C13H13N3O2/c1-9-14-13(15-18-9)8-16-7-6-10-11(16)4-3-5-12(10)17-2/h3-7H,8H2,1-2H3. The van der Waals surface area contributed by atoms with Gasteiger partial charge in [-0.25, -0.2) is 0 Å². The van der Waals surface area contributed by atoms with Crippen LogP contribution in [0.4, 0.5) is 0 Å². The molecule has 0 radical (unpaired) electrons. The monoisotopic (exact) mass is 243 g/mol. The van der Waals surface area contributed by atoms with Crippen LogP contribution in [-0.2, 0) is 6.54 Å². The normalized spacial score (nSPS) is 11.0. The molecule has 92 valence electrons. The SMILES string of the molecule is COc1cccc2c1ccn2Cc1noc(C)n1. The molecular weight excluding hydrogens is 230 g/mol. The highest BCUT2D eigenvalue weighted by atomic mass is 16.5. The predicted molar refractivity (Wildman–Crippen MR) is 66.6 cm³/mol. The Morgan fingerprint density at radius 1 is 1.33 bits per heavy atom. The zero-order chi connectivity index (χ0) is 12.5. The average Bonchev–Trinajstić information content (AvgIpc) is 2.97. The summed E-state index contributed by atoms with van der Waals surface area (Å²) in [6.45, 7) is 2.38. The fourth-order valence-corrected chi connectivity index (χ4v) is 2.07. The zero-order valence-corrected chi connectivity index (χ0v) is 10.3. The predicted octanol–water partition coefficient (Wildman–Crippen LogP) is 2.39. The topological polar surface area (TPSA) is 53.1 Å². The maximum atomic E-state index is 5.33. The van der Waals surface area contributed by atoms with E-state index < -0.39 is 0 Å². The molecule has 18 heavy (non-hydrogen) atoms. The van der Waals surface area contributed by atoms with Gasteiger partial charge in [0, 0.05) is 18.5 Å². The van der Waals surface area contributed by atoms with Gasteiger partial charge in [0.1, 0.15) is 5.75 Å². The van der Waals surface area contributed by atoms with Gasteiger partial charge in [0.15, 0.2) is 5.82 Å². The van der Waals surface area contributed by atoms with Crippen molar-refractivity contribution in [3.63, 3.8) is 0 Å². The lowest BCUT2D eigenvalue weighted by Gasteiger charge is -2.04. The molecule has 5 heteroatoms. The molecule has 0 aliphatic rings. The molecule has 0 saturated carbocycles. The Hall–Kier alpha value is -2.30. The van der Waals surface area contributed by atoms with Crippen LogP contribution in [0.1, 0.15) is 11.7 Å². The summed E-state index contributed by atoms with van der Waals surface area (Å²) >= 11 is 0.